The smallest absolute Gasteiger partial charge is 0.120 e. The highest BCUT2D eigenvalue weighted by Gasteiger charge is 2.32. The molecule has 1 N–H and O–H groups in total. The molecule has 1 aromatic rings. The number of hydrogen-bond donors (Lipinski definition) is 1. The Morgan fingerprint density at radius 3 is 2.67 bits per heavy atom. The molecule has 0 radical (unpaired) electrons. The van der Waals surface area contributed by atoms with Gasteiger partial charge in [0.15, 0.2) is 0 Å². The zero-order valence-corrected chi connectivity index (χ0v) is 9.84. The van der Waals surface area contributed by atoms with Crippen LogP contribution in [0.25, 0.3) is 0 Å². The summed E-state index contributed by atoms with van der Waals surface area (Å²) in [7, 11) is 3.64. The molecule has 2 rings (SSSR count). The van der Waals surface area contributed by atoms with Gasteiger partial charge in [-0.05, 0) is 43.5 Å². The van der Waals surface area contributed by atoms with E-state index in [-0.39, 0.29) is 0 Å². The molecule has 1 fully saturated rings. The zero-order valence-electron chi connectivity index (χ0n) is 9.09. The van der Waals surface area contributed by atoms with Crippen LogP contribution in [-0.2, 0) is 0 Å². The van der Waals surface area contributed by atoms with Gasteiger partial charge in [-0.15, -0.1) is 0 Å². The summed E-state index contributed by atoms with van der Waals surface area (Å²) in [6.07, 6.45) is 2.60. The fourth-order valence-electron chi connectivity index (χ4n) is 1.96. The van der Waals surface area contributed by atoms with Crippen molar-refractivity contribution in [2.24, 2.45) is 5.92 Å². The van der Waals surface area contributed by atoms with Crippen LogP contribution < -0.4 is 10.1 Å². The largest absolute Gasteiger partial charge is 0.497 e. The van der Waals surface area contributed by atoms with Gasteiger partial charge in [0.1, 0.15) is 5.75 Å². The average molecular weight is 226 g/mol. The van der Waals surface area contributed by atoms with Crippen molar-refractivity contribution in [3.63, 3.8) is 0 Å². The molecule has 1 aliphatic rings. The van der Waals surface area contributed by atoms with E-state index < -0.39 is 0 Å². The first-order chi connectivity index (χ1) is 7.26. The van der Waals surface area contributed by atoms with E-state index in [4.69, 9.17) is 16.3 Å². The summed E-state index contributed by atoms with van der Waals surface area (Å²) in [6.45, 7) is 0. The molecule has 0 amide bonds. The van der Waals surface area contributed by atoms with Crippen LogP contribution in [0.4, 0.5) is 0 Å². The van der Waals surface area contributed by atoms with Gasteiger partial charge in [0.2, 0.25) is 0 Å². The molecule has 0 heterocycles. The fraction of sp³-hybridized carbons (Fsp3) is 0.500. The van der Waals surface area contributed by atoms with Crippen LogP contribution in [-0.4, -0.2) is 14.2 Å². The van der Waals surface area contributed by atoms with Gasteiger partial charge in [0.25, 0.3) is 0 Å². The minimum Gasteiger partial charge on any atom is -0.497 e. The third-order valence-corrected chi connectivity index (χ3v) is 3.27. The number of ether oxygens (including phenoxy) is 1. The molecular formula is C12H16ClNO. The molecular weight excluding hydrogens is 210 g/mol. The van der Waals surface area contributed by atoms with Crippen LogP contribution >= 0.6 is 11.6 Å². The van der Waals surface area contributed by atoms with Crippen molar-refractivity contribution in [2.75, 3.05) is 14.2 Å². The maximum atomic E-state index is 6.23. The van der Waals surface area contributed by atoms with Crippen LogP contribution in [0, 0.1) is 5.92 Å². The molecule has 1 unspecified atom stereocenters. The van der Waals surface area contributed by atoms with Crippen molar-refractivity contribution >= 4 is 11.6 Å². The van der Waals surface area contributed by atoms with Gasteiger partial charge in [-0.2, -0.15) is 0 Å². The Morgan fingerprint density at radius 1 is 1.47 bits per heavy atom. The van der Waals surface area contributed by atoms with E-state index in [2.05, 4.69) is 11.4 Å². The first-order valence-electron chi connectivity index (χ1n) is 5.27. The summed E-state index contributed by atoms with van der Waals surface area (Å²) in [6, 6.07) is 6.29. The Kier molecular flexibility index (Phi) is 3.17. The summed E-state index contributed by atoms with van der Waals surface area (Å²) < 4.78 is 5.13. The Morgan fingerprint density at radius 2 is 2.20 bits per heavy atom. The van der Waals surface area contributed by atoms with E-state index in [1.807, 2.05) is 19.2 Å². The van der Waals surface area contributed by atoms with E-state index >= 15 is 0 Å². The number of rotatable bonds is 4. The highest BCUT2D eigenvalue weighted by Crippen LogP contribution is 2.43. The quantitative estimate of drug-likeness (QED) is 0.851. The van der Waals surface area contributed by atoms with Gasteiger partial charge in [-0.25, -0.2) is 0 Å². The standard InChI is InChI=1S/C12H16ClNO/c1-14-12(8-3-4-8)10-6-5-9(15-2)7-11(10)13/h5-8,12,14H,3-4H2,1-2H3. The van der Waals surface area contributed by atoms with Gasteiger partial charge in [-0.1, -0.05) is 17.7 Å². The van der Waals surface area contributed by atoms with Crippen LogP contribution in [0.1, 0.15) is 24.4 Å². The minimum absolute atomic E-state index is 0.392. The molecule has 0 aliphatic heterocycles. The lowest BCUT2D eigenvalue weighted by atomic mass is 10.0. The summed E-state index contributed by atoms with van der Waals surface area (Å²) in [5, 5.41) is 4.13. The first-order valence-corrected chi connectivity index (χ1v) is 5.64. The SMILES string of the molecule is CNC(c1ccc(OC)cc1Cl)C1CC1. The van der Waals surface area contributed by atoms with Crippen LogP contribution in [0.2, 0.25) is 5.02 Å². The Bertz CT molecular complexity index is 349. The molecule has 3 heteroatoms. The number of hydrogen-bond acceptors (Lipinski definition) is 2. The second-order valence-corrected chi connectivity index (χ2v) is 4.40. The van der Waals surface area contributed by atoms with Gasteiger partial charge in [0.05, 0.1) is 7.11 Å². The predicted octanol–water partition coefficient (Wildman–Crippen LogP) is 3.02. The molecule has 0 saturated heterocycles. The third-order valence-electron chi connectivity index (χ3n) is 2.95. The molecule has 1 aromatic carbocycles. The van der Waals surface area contributed by atoms with Crippen LogP contribution in [0.15, 0.2) is 18.2 Å². The average Bonchev–Trinajstić information content (AvgIpc) is 3.05. The summed E-state index contributed by atoms with van der Waals surface area (Å²) in [4.78, 5) is 0. The Hall–Kier alpha value is -0.730. The molecule has 1 aliphatic carbocycles. The summed E-state index contributed by atoms with van der Waals surface area (Å²) in [5.41, 5.74) is 1.18. The Labute approximate surface area is 95.6 Å². The van der Waals surface area contributed by atoms with E-state index in [0.717, 1.165) is 16.7 Å². The molecule has 1 saturated carbocycles. The molecule has 2 nitrogen and oxygen atoms in total. The lowest BCUT2D eigenvalue weighted by Gasteiger charge is -2.17. The Balaban J connectivity index is 2.26. The molecule has 0 aromatic heterocycles. The fourth-order valence-corrected chi connectivity index (χ4v) is 2.25. The van der Waals surface area contributed by atoms with Crippen molar-refractivity contribution < 1.29 is 4.74 Å². The molecule has 0 bridgehead atoms. The first kappa shape index (κ1) is 10.8. The summed E-state index contributed by atoms with van der Waals surface area (Å²) >= 11 is 6.23. The van der Waals surface area contributed by atoms with E-state index in [1.54, 1.807) is 7.11 Å². The van der Waals surface area contributed by atoms with Gasteiger partial charge >= 0.3 is 0 Å². The van der Waals surface area contributed by atoms with E-state index in [1.165, 1.54) is 18.4 Å². The van der Waals surface area contributed by atoms with Crippen molar-refractivity contribution in [2.45, 2.75) is 18.9 Å². The van der Waals surface area contributed by atoms with Gasteiger partial charge < -0.3 is 10.1 Å². The molecule has 1 atom stereocenters. The maximum Gasteiger partial charge on any atom is 0.120 e. The lowest BCUT2D eigenvalue weighted by Crippen LogP contribution is -2.18. The van der Waals surface area contributed by atoms with Crippen molar-refractivity contribution in [1.82, 2.24) is 5.32 Å². The third kappa shape index (κ3) is 2.27. The topological polar surface area (TPSA) is 21.3 Å². The minimum atomic E-state index is 0.392. The molecule has 15 heavy (non-hydrogen) atoms. The van der Waals surface area contributed by atoms with Gasteiger partial charge in [0, 0.05) is 11.1 Å². The van der Waals surface area contributed by atoms with Crippen molar-refractivity contribution in [1.29, 1.82) is 0 Å². The maximum absolute atomic E-state index is 6.23. The van der Waals surface area contributed by atoms with Crippen LogP contribution in [0.3, 0.4) is 0 Å². The van der Waals surface area contributed by atoms with E-state index in [0.29, 0.717) is 6.04 Å². The highest BCUT2D eigenvalue weighted by molar-refractivity contribution is 6.31. The van der Waals surface area contributed by atoms with Crippen molar-refractivity contribution in [3.05, 3.63) is 28.8 Å². The van der Waals surface area contributed by atoms with Crippen molar-refractivity contribution in [3.8, 4) is 5.75 Å². The monoisotopic (exact) mass is 225 g/mol. The molecule has 0 spiro atoms. The molecule has 82 valence electrons. The lowest BCUT2D eigenvalue weighted by molar-refractivity contribution is 0.414. The predicted molar refractivity (Wildman–Crippen MR) is 62.5 cm³/mol. The zero-order chi connectivity index (χ0) is 10.8. The van der Waals surface area contributed by atoms with Crippen LogP contribution in [0.5, 0.6) is 5.75 Å². The summed E-state index contributed by atoms with van der Waals surface area (Å²) in [5.74, 6) is 1.57. The van der Waals surface area contributed by atoms with Gasteiger partial charge in [-0.3, -0.25) is 0 Å². The highest BCUT2D eigenvalue weighted by atomic mass is 35.5. The number of nitrogens with one attached hydrogen (secondary N) is 1. The number of methoxy groups -OCH3 is 1. The second kappa shape index (κ2) is 4.42. The second-order valence-electron chi connectivity index (χ2n) is 3.99. The number of halogens is 1. The normalized spacial score (nSPS) is 17.5. The van der Waals surface area contributed by atoms with E-state index in [9.17, 15) is 0 Å². The number of benzene rings is 1.